The SMILES string of the molecule is NC(CC(=O)O)C(Oc1cccc(Cl)c1)C(N)CC(=O)O. The first kappa shape index (κ1) is 17.2. The van der Waals surface area contributed by atoms with Crippen molar-refractivity contribution in [2.75, 3.05) is 0 Å². The third-order valence-electron chi connectivity index (χ3n) is 2.73. The fourth-order valence-electron chi connectivity index (χ4n) is 1.83. The van der Waals surface area contributed by atoms with E-state index in [0.29, 0.717) is 10.8 Å². The lowest BCUT2D eigenvalue weighted by Crippen LogP contribution is -2.52. The highest BCUT2D eigenvalue weighted by atomic mass is 35.5. The molecule has 2 unspecified atom stereocenters. The Labute approximate surface area is 126 Å². The van der Waals surface area contributed by atoms with Crippen molar-refractivity contribution < 1.29 is 24.5 Å². The van der Waals surface area contributed by atoms with Crippen molar-refractivity contribution in [2.45, 2.75) is 31.0 Å². The monoisotopic (exact) mass is 316 g/mol. The van der Waals surface area contributed by atoms with Gasteiger partial charge in [0.25, 0.3) is 0 Å². The van der Waals surface area contributed by atoms with E-state index in [0.717, 1.165) is 0 Å². The molecule has 0 aliphatic rings. The van der Waals surface area contributed by atoms with E-state index in [1.807, 2.05) is 0 Å². The van der Waals surface area contributed by atoms with Gasteiger partial charge in [-0.2, -0.15) is 0 Å². The number of aliphatic carboxylic acids is 2. The standard InChI is InChI=1S/C13H17ClN2O5/c14-7-2-1-3-8(4-7)21-13(9(15)5-11(17)18)10(16)6-12(19)20/h1-4,9-10,13H,5-6,15-16H2,(H,17,18)(H,19,20). The van der Waals surface area contributed by atoms with Crippen LogP contribution in [0.2, 0.25) is 5.02 Å². The molecule has 8 heteroatoms. The number of carbonyl (C=O) groups is 2. The Balaban J connectivity index is 2.89. The fraction of sp³-hybridized carbons (Fsp3) is 0.385. The molecular weight excluding hydrogens is 300 g/mol. The molecule has 2 atom stereocenters. The maximum atomic E-state index is 10.8. The van der Waals surface area contributed by atoms with Crippen molar-refractivity contribution >= 4 is 23.5 Å². The quantitative estimate of drug-likeness (QED) is 0.554. The van der Waals surface area contributed by atoms with Crippen LogP contribution in [0.5, 0.6) is 5.75 Å². The lowest BCUT2D eigenvalue weighted by atomic mass is 9.99. The summed E-state index contributed by atoms with van der Waals surface area (Å²) in [4.78, 5) is 21.5. The van der Waals surface area contributed by atoms with Gasteiger partial charge in [0.2, 0.25) is 0 Å². The second kappa shape index (κ2) is 7.82. The highest BCUT2D eigenvalue weighted by molar-refractivity contribution is 6.30. The first-order valence-electron chi connectivity index (χ1n) is 6.16. The molecule has 0 aliphatic heterocycles. The first-order valence-corrected chi connectivity index (χ1v) is 6.54. The number of halogens is 1. The molecule has 0 radical (unpaired) electrons. The summed E-state index contributed by atoms with van der Waals surface area (Å²) in [7, 11) is 0. The second-order valence-electron chi connectivity index (χ2n) is 4.56. The molecule has 7 nitrogen and oxygen atoms in total. The van der Waals surface area contributed by atoms with Gasteiger partial charge in [-0.25, -0.2) is 0 Å². The third kappa shape index (κ3) is 5.99. The number of rotatable bonds is 8. The van der Waals surface area contributed by atoms with Crippen LogP contribution in [0.3, 0.4) is 0 Å². The van der Waals surface area contributed by atoms with E-state index in [2.05, 4.69) is 0 Å². The summed E-state index contributed by atoms with van der Waals surface area (Å²) in [5.74, 6) is -1.90. The zero-order chi connectivity index (χ0) is 16.0. The first-order chi connectivity index (χ1) is 9.79. The summed E-state index contributed by atoms with van der Waals surface area (Å²) in [6, 6.07) is 4.49. The number of benzene rings is 1. The van der Waals surface area contributed by atoms with E-state index in [4.69, 9.17) is 38.0 Å². The number of nitrogens with two attached hydrogens (primary N) is 2. The Morgan fingerprint density at radius 2 is 1.67 bits per heavy atom. The highest BCUT2D eigenvalue weighted by Crippen LogP contribution is 2.21. The molecule has 0 aromatic heterocycles. The van der Waals surface area contributed by atoms with E-state index >= 15 is 0 Å². The zero-order valence-corrected chi connectivity index (χ0v) is 11.9. The molecule has 0 amide bonds. The molecule has 0 fully saturated rings. The zero-order valence-electron chi connectivity index (χ0n) is 11.1. The number of carboxylic acids is 2. The summed E-state index contributed by atoms with van der Waals surface area (Å²) in [6.07, 6.45) is -1.74. The maximum Gasteiger partial charge on any atom is 0.305 e. The van der Waals surface area contributed by atoms with Crippen LogP contribution in [-0.4, -0.2) is 40.3 Å². The van der Waals surface area contributed by atoms with Crippen LogP contribution < -0.4 is 16.2 Å². The van der Waals surface area contributed by atoms with Crippen LogP contribution in [0.1, 0.15) is 12.8 Å². The van der Waals surface area contributed by atoms with Crippen LogP contribution >= 0.6 is 11.6 Å². The Kier molecular flexibility index (Phi) is 6.41. The van der Waals surface area contributed by atoms with Crippen molar-refractivity contribution in [3.05, 3.63) is 29.3 Å². The molecule has 0 bridgehead atoms. The summed E-state index contributed by atoms with van der Waals surface area (Å²) in [5.41, 5.74) is 11.5. The van der Waals surface area contributed by atoms with Crippen LogP contribution in [-0.2, 0) is 9.59 Å². The Morgan fingerprint density at radius 1 is 1.14 bits per heavy atom. The van der Waals surface area contributed by atoms with Gasteiger partial charge in [0.05, 0.1) is 24.9 Å². The van der Waals surface area contributed by atoms with Crippen molar-refractivity contribution in [3.8, 4) is 5.75 Å². The summed E-state index contributed by atoms with van der Waals surface area (Å²) in [6.45, 7) is 0. The predicted molar refractivity (Wildman–Crippen MR) is 76.3 cm³/mol. The van der Waals surface area contributed by atoms with Crippen LogP contribution in [0.25, 0.3) is 0 Å². The van der Waals surface area contributed by atoms with Gasteiger partial charge >= 0.3 is 11.9 Å². The van der Waals surface area contributed by atoms with E-state index in [-0.39, 0.29) is 0 Å². The summed E-state index contributed by atoms with van der Waals surface area (Å²) >= 11 is 5.83. The molecule has 1 aromatic rings. The second-order valence-corrected chi connectivity index (χ2v) is 5.00. The fourth-order valence-corrected chi connectivity index (χ4v) is 2.01. The van der Waals surface area contributed by atoms with Crippen LogP contribution in [0.4, 0.5) is 0 Å². The van der Waals surface area contributed by atoms with E-state index in [9.17, 15) is 9.59 Å². The van der Waals surface area contributed by atoms with E-state index in [1.165, 1.54) is 6.07 Å². The van der Waals surface area contributed by atoms with Gasteiger partial charge in [-0.1, -0.05) is 17.7 Å². The Hall–Kier alpha value is -1.83. The third-order valence-corrected chi connectivity index (χ3v) is 2.97. The van der Waals surface area contributed by atoms with Crippen molar-refractivity contribution in [1.29, 1.82) is 0 Å². The minimum atomic E-state index is -1.12. The van der Waals surface area contributed by atoms with Gasteiger partial charge in [-0.15, -0.1) is 0 Å². The molecule has 0 spiro atoms. The summed E-state index contributed by atoms with van der Waals surface area (Å²) < 4.78 is 5.56. The molecule has 21 heavy (non-hydrogen) atoms. The smallest absolute Gasteiger partial charge is 0.305 e. The van der Waals surface area contributed by atoms with Crippen LogP contribution in [0, 0.1) is 0 Å². The molecule has 0 saturated heterocycles. The van der Waals surface area contributed by atoms with E-state index in [1.54, 1.807) is 18.2 Å². The normalized spacial score (nSPS) is 15.0. The van der Waals surface area contributed by atoms with Crippen molar-refractivity contribution in [3.63, 3.8) is 0 Å². The van der Waals surface area contributed by atoms with Gasteiger partial charge in [0.15, 0.2) is 0 Å². The van der Waals surface area contributed by atoms with Gasteiger partial charge < -0.3 is 26.4 Å². The minimum Gasteiger partial charge on any atom is -0.487 e. The van der Waals surface area contributed by atoms with Crippen molar-refractivity contribution in [2.24, 2.45) is 11.5 Å². The molecule has 1 rings (SSSR count). The van der Waals surface area contributed by atoms with Gasteiger partial charge in [0, 0.05) is 5.02 Å². The topological polar surface area (TPSA) is 136 Å². The molecule has 6 N–H and O–H groups in total. The maximum absolute atomic E-state index is 10.8. The molecule has 116 valence electrons. The number of ether oxygens (including phenoxy) is 1. The average molecular weight is 317 g/mol. The molecule has 0 aliphatic carbocycles. The molecular formula is C13H17ClN2O5. The van der Waals surface area contributed by atoms with Crippen molar-refractivity contribution in [1.82, 2.24) is 0 Å². The summed E-state index contributed by atoms with van der Waals surface area (Å²) in [5, 5.41) is 18.0. The largest absolute Gasteiger partial charge is 0.487 e. The molecule has 0 saturated carbocycles. The number of carboxylic acid groups (broad SMARTS) is 2. The Bertz CT molecular complexity index is 489. The minimum absolute atomic E-state index is 0.342. The molecule has 0 heterocycles. The average Bonchev–Trinajstić information content (AvgIpc) is 2.34. The van der Waals surface area contributed by atoms with Gasteiger partial charge in [-0.05, 0) is 18.2 Å². The number of hydrogen-bond acceptors (Lipinski definition) is 5. The van der Waals surface area contributed by atoms with Gasteiger partial charge in [0.1, 0.15) is 11.9 Å². The Morgan fingerprint density at radius 3 is 2.10 bits per heavy atom. The predicted octanol–water partition coefficient (Wildman–Crippen LogP) is 0.691. The molecule has 1 aromatic carbocycles. The van der Waals surface area contributed by atoms with E-state index < -0.39 is 43.0 Å². The lowest BCUT2D eigenvalue weighted by Gasteiger charge is -2.28. The van der Waals surface area contributed by atoms with Crippen LogP contribution in [0.15, 0.2) is 24.3 Å². The lowest BCUT2D eigenvalue weighted by molar-refractivity contribution is -0.138. The number of hydrogen-bond donors (Lipinski definition) is 4. The van der Waals surface area contributed by atoms with Gasteiger partial charge in [-0.3, -0.25) is 9.59 Å². The highest BCUT2D eigenvalue weighted by Gasteiger charge is 2.30.